The Balaban J connectivity index is 1.74. The van der Waals surface area contributed by atoms with E-state index in [1.807, 2.05) is 18.2 Å². The van der Waals surface area contributed by atoms with Crippen molar-refractivity contribution in [1.29, 1.82) is 0 Å². The summed E-state index contributed by atoms with van der Waals surface area (Å²) in [5, 5.41) is 2.93. The van der Waals surface area contributed by atoms with Crippen molar-refractivity contribution >= 4 is 37.6 Å². The molecule has 0 radical (unpaired) electrons. The minimum absolute atomic E-state index is 0.0209. The van der Waals surface area contributed by atoms with Crippen LogP contribution in [0.15, 0.2) is 18.2 Å². The number of nitrogens with two attached hydrogens (primary N) is 1. The van der Waals surface area contributed by atoms with Gasteiger partial charge in [0.05, 0.1) is 0 Å². The first-order valence-corrected chi connectivity index (χ1v) is 8.00. The molecule has 1 aromatic carbocycles. The van der Waals surface area contributed by atoms with Gasteiger partial charge in [0.15, 0.2) is 0 Å². The summed E-state index contributed by atoms with van der Waals surface area (Å²) in [5.41, 5.74) is 8.36. The van der Waals surface area contributed by atoms with E-state index in [9.17, 15) is 4.79 Å². The number of rotatable bonds is 3. The summed E-state index contributed by atoms with van der Waals surface area (Å²) in [5.74, 6) is -0.0209. The van der Waals surface area contributed by atoms with E-state index in [0.717, 1.165) is 42.4 Å². The predicted octanol–water partition coefficient (Wildman–Crippen LogP) is 1.29. The van der Waals surface area contributed by atoms with Gasteiger partial charge in [-0.25, -0.2) is 0 Å². The third-order valence-electron chi connectivity index (χ3n) is 3.67. The Labute approximate surface area is 117 Å². The van der Waals surface area contributed by atoms with Crippen molar-refractivity contribution in [2.75, 3.05) is 5.32 Å². The first-order chi connectivity index (χ1) is 9.16. The van der Waals surface area contributed by atoms with Crippen LogP contribution in [0.5, 0.6) is 0 Å². The molecule has 6 heteroatoms. The Morgan fingerprint density at radius 2 is 2.16 bits per heavy atom. The Kier molecular flexibility index (Phi) is 3.39. The monoisotopic (exact) mass is 324 g/mol. The van der Waals surface area contributed by atoms with E-state index in [0.29, 0.717) is 6.42 Å². The van der Waals surface area contributed by atoms with E-state index in [1.54, 1.807) is 0 Å². The second-order valence-corrected chi connectivity index (χ2v) is 6.34. The summed E-state index contributed by atoms with van der Waals surface area (Å²) < 4.78 is 8.66. The summed E-state index contributed by atoms with van der Waals surface area (Å²) in [7, 11) is 0. The summed E-state index contributed by atoms with van der Waals surface area (Å²) in [6.07, 6.45) is 4.52. The predicted molar refractivity (Wildman–Crippen MR) is 75.1 cm³/mol. The molecule has 0 spiro atoms. The minimum atomic E-state index is -0.312. The fraction of sp³-hybridized carbons (Fsp3) is 0.462. The summed E-state index contributed by atoms with van der Waals surface area (Å²) in [4.78, 5) is 12.1. The number of amides is 1. The van der Waals surface area contributed by atoms with Gasteiger partial charge in [-0.05, 0) is 0 Å². The molecule has 1 saturated carbocycles. The molecule has 1 aliphatic rings. The molecule has 2 aromatic rings. The summed E-state index contributed by atoms with van der Waals surface area (Å²) >= 11 is -0.0797. The Bertz CT molecular complexity index is 603. The van der Waals surface area contributed by atoms with Crippen LogP contribution in [-0.2, 0) is 4.79 Å². The number of carbonyl (C=O) groups is 1. The molecule has 0 aliphatic heterocycles. The van der Waals surface area contributed by atoms with Crippen molar-refractivity contribution in [2.45, 2.75) is 37.6 Å². The van der Waals surface area contributed by atoms with Gasteiger partial charge in [-0.1, -0.05) is 0 Å². The molecule has 0 saturated heterocycles. The first-order valence-electron chi connectivity index (χ1n) is 6.46. The van der Waals surface area contributed by atoms with Gasteiger partial charge in [-0.2, -0.15) is 0 Å². The molecule has 5 nitrogen and oxygen atoms in total. The third kappa shape index (κ3) is 2.71. The zero-order valence-corrected chi connectivity index (χ0v) is 12.3. The molecule has 1 aromatic heterocycles. The van der Waals surface area contributed by atoms with Crippen LogP contribution >= 0.6 is 0 Å². The molecule has 1 aliphatic carbocycles. The van der Waals surface area contributed by atoms with Crippen molar-refractivity contribution in [3.63, 3.8) is 0 Å². The van der Waals surface area contributed by atoms with Gasteiger partial charge in [-0.15, -0.1) is 0 Å². The van der Waals surface area contributed by atoms with Gasteiger partial charge in [-0.3, -0.25) is 0 Å². The Hall–Kier alpha value is -1.23. The van der Waals surface area contributed by atoms with Crippen LogP contribution in [0.3, 0.4) is 0 Å². The zero-order chi connectivity index (χ0) is 13.3. The normalized spacial score (nSPS) is 17.7. The number of hydrogen-bond acceptors (Lipinski definition) is 4. The van der Waals surface area contributed by atoms with Gasteiger partial charge >= 0.3 is 117 Å². The van der Waals surface area contributed by atoms with E-state index in [-0.39, 0.29) is 26.4 Å². The summed E-state index contributed by atoms with van der Waals surface area (Å²) in [6.45, 7) is 0. The fourth-order valence-corrected chi connectivity index (χ4v) is 3.83. The van der Waals surface area contributed by atoms with Crippen molar-refractivity contribution in [2.24, 2.45) is 5.73 Å². The number of benzene rings is 1. The third-order valence-corrected chi connectivity index (χ3v) is 4.81. The number of nitrogens with zero attached hydrogens (tertiary/aromatic N) is 2. The Morgan fingerprint density at radius 1 is 1.37 bits per heavy atom. The van der Waals surface area contributed by atoms with Crippen LogP contribution in [-0.4, -0.2) is 34.4 Å². The number of nitrogens with one attached hydrogen (secondary N) is 1. The second kappa shape index (κ2) is 5.04. The van der Waals surface area contributed by atoms with Gasteiger partial charge in [0.1, 0.15) is 0 Å². The van der Waals surface area contributed by atoms with Gasteiger partial charge < -0.3 is 0 Å². The molecule has 1 fully saturated rings. The average molecular weight is 323 g/mol. The van der Waals surface area contributed by atoms with Crippen LogP contribution in [0.25, 0.3) is 11.0 Å². The van der Waals surface area contributed by atoms with Crippen LogP contribution < -0.4 is 11.1 Å². The standard InChI is InChI=1S/C13H16N4OSe/c14-13(6-1-2-7-13)8-11(18)15-9-4-3-5-10-12(9)17-19-16-10/h3-5H,1-2,6-8,14H2,(H,15,18). The Morgan fingerprint density at radius 3 is 2.95 bits per heavy atom. The molecule has 100 valence electrons. The second-order valence-electron chi connectivity index (χ2n) is 5.23. The van der Waals surface area contributed by atoms with E-state index in [4.69, 9.17) is 5.73 Å². The number of aromatic nitrogens is 2. The molecule has 1 heterocycles. The van der Waals surface area contributed by atoms with Crippen LogP contribution in [0.1, 0.15) is 32.1 Å². The van der Waals surface area contributed by atoms with E-state index < -0.39 is 0 Å². The SMILES string of the molecule is NC1(CC(=O)Nc2cccc3n[se]nc23)CCCC1. The fourth-order valence-electron chi connectivity index (χ4n) is 2.68. The molecule has 0 bridgehead atoms. The molecule has 1 amide bonds. The van der Waals surface area contributed by atoms with E-state index in [2.05, 4.69) is 13.3 Å². The molecular weight excluding hydrogens is 307 g/mol. The first kappa shape index (κ1) is 12.8. The van der Waals surface area contributed by atoms with Gasteiger partial charge in [0, 0.05) is 0 Å². The van der Waals surface area contributed by atoms with Gasteiger partial charge in [0.25, 0.3) is 0 Å². The number of hydrogen-bond donors (Lipinski definition) is 2. The quantitative estimate of drug-likeness (QED) is 0.834. The van der Waals surface area contributed by atoms with Crippen molar-refractivity contribution in [1.82, 2.24) is 7.96 Å². The summed E-state index contributed by atoms with van der Waals surface area (Å²) in [6, 6.07) is 5.68. The molecular formula is C13H16N4OSe. The number of carbonyl (C=O) groups excluding carboxylic acids is 1. The maximum atomic E-state index is 12.1. The van der Waals surface area contributed by atoms with Crippen molar-refractivity contribution < 1.29 is 4.79 Å². The molecule has 0 atom stereocenters. The van der Waals surface area contributed by atoms with E-state index >= 15 is 0 Å². The van der Waals surface area contributed by atoms with Crippen molar-refractivity contribution in [3.05, 3.63) is 18.2 Å². The topological polar surface area (TPSA) is 80.9 Å². The number of anilines is 1. The zero-order valence-electron chi connectivity index (χ0n) is 10.6. The van der Waals surface area contributed by atoms with Crippen LogP contribution in [0.4, 0.5) is 5.69 Å². The number of fused-ring (bicyclic) bond motifs is 1. The van der Waals surface area contributed by atoms with E-state index in [1.165, 1.54) is 0 Å². The molecule has 3 rings (SSSR count). The van der Waals surface area contributed by atoms with Crippen LogP contribution in [0.2, 0.25) is 0 Å². The molecule has 3 N–H and O–H groups in total. The molecule has 0 unspecified atom stereocenters. The average Bonchev–Trinajstić information content (AvgIpc) is 2.98. The van der Waals surface area contributed by atoms with Gasteiger partial charge in [0.2, 0.25) is 0 Å². The maximum absolute atomic E-state index is 12.1. The van der Waals surface area contributed by atoms with Crippen molar-refractivity contribution in [3.8, 4) is 0 Å². The van der Waals surface area contributed by atoms with Crippen LogP contribution in [0, 0.1) is 0 Å². The molecule has 19 heavy (non-hydrogen) atoms.